The number of hydrogen-bond donors (Lipinski definition) is 1. The Bertz CT molecular complexity index is 1660. The Balaban J connectivity index is 0.00000461. The molecule has 1 saturated heterocycles. The average Bonchev–Trinajstić information content (AvgIpc) is 3.04. The number of piperidine rings is 1. The van der Waals surface area contributed by atoms with E-state index in [2.05, 4.69) is 29.2 Å². The van der Waals surface area contributed by atoms with Gasteiger partial charge in [-0.1, -0.05) is 66.7 Å². The number of nitrogens with zero attached hydrogens (tertiary/aromatic N) is 3. The number of ether oxygens (including phenoxy) is 2. The number of unbranched alkanes of at least 4 members (excludes halogenated alkanes) is 1. The molecule has 0 radical (unpaired) electrons. The van der Waals surface area contributed by atoms with Gasteiger partial charge in [-0.3, -0.25) is 9.36 Å². The van der Waals surface area contributed by atoms with Gasteiger partial charge in [-0.15, -0.1) is 12.4 Å². The zero-order valence-electron chi connectivity index (χ0n) is 26.1. The van der Waals surface area contributed by atoms with Crippen molar-refractivity contribution in [3.63, 3.8) is 0 Å². The summed E-state index contributed by atoms with van der Waals surface area (Å²) < 4.78 is 14.5. The molecule has 4 aromatic rings. The number of benzene rings is 3. The van der Waals surface area contributed by atoms with E-state index in [-0.39, 0.29) is 30.0 Å². The van der Waals surface area contributed by atoms with Crippen molar-refractivity contribution < 1.29 is 19.4 Å². The number of para-hydroxylation sites is 1. The molecule has 1 aromatic heterocycles. The molecule has 5 rings (SSSR count). The third-order valence-corrected chi connectivity index (χ3v) is 8.60. The molecule has 1 aliphatic heterocycles. The first kappa shape index (κ1) is 34.0. The number of rotatable bonds is 12. The number of fused-ring (bicyclic) bond motifs is 1. The van der Waals surface area contributed by atoms with Crippen molar-refractivity contribution >= 4 is 29.3 Å². The van der Waals surface area contributed by atoms with Crippen LogP contribution in [-0.4, -0.2) is 58.0 Å². The minimum atomic E-state index is -1.71. The second-order valence-corrected chi connectivity index (χ2v) is 11.9. The number of aryl methyl sites for hydroxylation is 1. The summed E-state index contributed by atoms with van der Waals surface area (Å²) in [5, 5.41) is 10.1. The zero-order valence-corrected chi connectivity index (χ0v) is 26.9. The number of aliphatic carboxylic acids is 1. The molecule has 0 aliphatic carbocycles. The Labute approximate surface area is 269 Å². The lowest BCUT2D eigenvalue weighted by atomic mass is 10.00. The Morgan fingerprint density at radius 1 is 0.889 bits per heavy atom. The summed E-state index contributed by atoms with van der Waals surface area (Å²) in [6, 6.07) is 25.7. The molecule has 10 heteroatoms. The molecule has 0 unspecified atom stereocenters. The lowest BCUT2D eigenvalue weighted by Gasteiger charge is -2.34. The minimum absolute atomic E-state index is 0. The zero-order chi connectivity index (χ0) is 31.3. The highest BCUT2D eigenvalue weighted by Crippen LogP contribution is 2.30. The summed E-state index contributed by atoms with van der Waals surface area (Å²) in [4.78, 5) is 41.4. The number of likely N-dealkylation sites (tertiary alicyclic amines) is 1. The molecule has 0 amide bonds. The third-order valence-electron chi connectivity index (χ3n) is 8.60. The standard InChI is InChI=1S/C35H41N3O6.ClH/c1-35(2,33(40)41)38-32(39)28-17-12-18-29(43-3)30(28)37(34(38)42)22-11-10-21-36-23-19-27(20-24-36)44-31(25-13-6-4-7-14-25)26-15-8-5-9-16-26;/h4-9,12-18,27,31H,10-11,19-24H2,1-3H3,(H,40,41);1H. The number of carbonyl (C=O) groups is 1. The van der Waals surface area contributed by atoms with Gasteiger partial charge in [0.2, 0.25) is 0 Å². The molecule has 3 aromatic carbocycles. The van der Waals surface area contributed by atoms with E-state index in [9.17, 15) is 19.5 Å². The van der Waals surface area contributed by atoms with E-state index < -0.39 is 22.8 Å². The number of halogens is 1. The lowest BCUT2D eigenvalue weighted by Crippen LogP contribution is -2.52. The van der Waals surface area contributed by atoms with Crippen LogP contribution in [0.15, 0.2) is 88.5 Å². The average molecular weight is 636 g/mol. The largest absolute Gasteiger partial charge is 0.495 e. The number of aromatic nitrogens is 2. The fraction of sp³-hybridized carbons (Fsp3) is 0.400. The van der Waals surface area contributed by atoms with Crippen LogP contribution in [-0.2, 0) is 21.6 Å². The van der Waals surface area contributed by atoms with E-state index in [0.29, 0.717) is 24.2 Å². The maximum Gasteiger partial charge on any atom is 0.332 e. The Morgan fingerprint density at radius 3 is 2.02 bits per heavy atom. The van der Waals surface area contributed by atoms with Crippen LogP contribution >= 0.6 is 12.4 Å². The molecule has 0 spiro atoms. The van der Waals surface area contributed by atoms with Crippen LogP contribution in [0.4, 0.5) is 0 Å². The summed E-state index contributed by atoms with van der Waals surface area (Å²) in [6.07, 6.45) is 3.45. The lowest BCUT2D eigenvalue weighted by molar-refractivity contribution is -0.146. The fourth-order valence-corrected chi connectivity index (χ4v) is 6.03. The van der Waals surface area contributed by atoms with Gasteiger partial charge >= 0.3 is 11.7 Å². The van der Waals surface area contributed by atoms with Crippen LogP contribution in [0.25, 0.3) is 10.9 Å². The van der Waals surface area contributed by atoms with Crippen LogP contribution in [0.5, 0.6) is 5.75 Å². The molecule has 1 N–H and O–H groups in total. The van der Waals surface area contributed by atoms with E-state index in [0.717, 1.165) is 54.6 Å². The number of hydrogen-bond acceptors (Lipinski definition) is 6. The van der Waals surface area contributed by atoms with Crippen LogP contribution in [0.1, 0.15) is 56.8 Å². The van der Waals surface area contributed by atoms with E-state index in [1.165, 1.54) is 25.5 Å². The van der Waals surface area contributed by atoms with Crippen molar-refractivity contribution in [3.05, 3.63) is 111 Å². The summed E-state index contributed by atoms with van der Waals surface area (Å²) >= 11 is 0. The first-order valence-corrected chi connectivity index (χ1v) is 15.3. The smallest absolute Gasteiger partial charge is 0.332 e. The molecular weight excluding hydrogens is 594 g/mol. The van der Waals surface area contributed by atoms with Crippen molar-refractivity contribution in [3.8, 4) is 5.75 Å². The summed E-state index contributed by atoms with van der Waals surface area (Å²) in [7, 11) is 1.49. The number of methoxy groups -OCH3 is 1. The molecule has 0 bridgehead atoms. The van der Waals surface area contributed by atoms with Crippen LogP contribution < -0.4 is 16.0 Å². The Hall–Kier alpha value is -3.92. The highest BCUT2D eigenvalue weighted by atomic mass is 35.5. The van der Waals surface area contributed by atoms with Gasteiger partial charge in [0.15, 0.2) is 0 Å². The molecule has 0 atom stereocenters. The predicted octanol–water partition coefficient (Wildman–Crippen LogP) is 5.46. The van der Waals surface area contributed by atoms with Gasteiger partial charge in [0, 0.05) is 19.6 Å². The van der Waals surface area contributed by atoms with Crippen LogP contribution in [0.3, 0.4) is 0 Å². The summed E-state index contributed by atoms with van der Waals surface area (Å²) in [6.45, 7) is 5.79. The van der Waals surface area contributed by atoms with Crippen molar-refractivity contribution in [1.82, 2.24) is 14.0 Å². The summed E-state index contributed by atoms with van der Waals surface area (Å²) in [5.74, 6) is -0.847. The number of carboxylic acid groups (broad SMARTS) is 1. The van der Waals surface area contributed by atoms with Gasteiger partial charge in [-0.05, 0) is 69.3 Å². The Kier molecular flexibility index (Phi) is 11.3. The quantitative estimate of drug-likeness (QED) is 0.206. The highest BCUT2D eigenvalue weighted by Gasteiger charge is 2.34. The molecule has 2 heterocycles. The van der Waals surface area contributed by atoms with Crippen molar-refractivity contribution in [1.29, 1.82) is 0 Å². The van der Waals surface area contributed by atoms with Gasteiger partial charge < -0.3 is 19.5 Å². The summed E-state index contributed by atoms with van der Waals surface area (Å²) in [5.41, 5.74) is -0.299. The molecule has 45 heavy (non-hydrogen) atoms. The monoisotopic (exact) mass is 635 g/mol. The van der Waals surface area contributed by atoms with Gasteiger partial charge in [-0.25, -0.2) is 14.2 Å². The van der Waals surface area contributed by atoms with Crippen molar-refractivity contribution in [2.45, 2.75) is 63.8 Å². The van der Waals surface area contributed by atoms with E-state index in [1.54, 1.807) is 18.2 Å². The highest BCUT2D eigenvalue weighted by molar-refractivity contribution is 5.85. The second-order valence-electron chi connectivity index (χ2n) is 11.9. The first-order valence-electron chi connectivity index (χ1n) is 15.3. The molecule has 1 aliphatic rings. The van der Waals surface area contributed by atoms with Gasteiger partial charge in [0.1, 0.15) is 22.9 Å². The fourth-order valence-electron chi connectivity index (χ4n) is 6.03. The van der Waals surface area contributed by atoms with E-state index in [4.69, 9.17) is 9.47 Å². The maximum absolute atomic E-state index is 13.6. The van der Waals surface area contributed by atoms with Gasteiger partial charge in [0.25, 0.3) is 5.56 Å². The topological polar surface area (TPSA) is 103 Å². The Morgan fingerprint density at radius 2 is 1.47 bits per heavy atom. The van der Waals surface area contributed by atoms with Crippen molar-refractivity contribution in [2.75, 3.05) is 26.7 Å². The molecule has 0 saturated carbocycles. The predicted molar refractivity (Wildman–Crippen MR) is 178 cm³/mol. The molecular formula is C35H42ClN3O6. The third kappa shape index (κ3) is 7.32. The molecule has 9 nitrogen and oxygen atoms in total. The van der Waals surface area contributed by atoms with Crippen molar-refractivity contribution in [2.24, 2.45) is 0 Å². The molecule has 1 fully saturated rings. The molecule has 240 valence electrons. The maximum atomic E-state index is 13.6. The van der Waals surface area contributed by atoms with Gasteiger partial charge in [-0.2, -0.15) is 0 Å². The van der Waals surface area contributed by atoms with Crippen LogP contribution in [0.2, 0.25) is 0 Å². The first-order chi connectivity index (χ1) is 21.2. The SMILES string of the molecule is COc1cccc2c(=O)n(C(C)(C)C(=O)O)c(=O)n(CCCCN3CCC(OC(c4ccccc4)c4ccccc4)CC3)c12.Cl. The van der Waals surface area contributed by atoms with Crippen LogP contribution in [0, 0.1) is 0 Å². The van der Waals surface area contributed by atoms with Gasteiger partial charge in [0.05, 0.1) is 18.6 Å². The normalized spacial score (nSPS) is 14.4. The minimum Gasteiger partial charge on any atom is -0.495 e. The van der Waals surface area contributed by atoms with E-state index in [1.807, 2.05) is 36.4 Å². The number of carboxylic acids is 1. The van der Waals surface area contributed by atoms with E-state index >= 15 is 0 Å². The second kappa shape index (κ2) is 14.9.